The number of amides is 1. The van der Waals surface area contributed by atoms with E-state index in [-0.39, 0.29) is 28.3 Å². The number of benzene rings is 1. The Morgan fingerprint density at radius 1 is 1.08 bits per heavy atom. The van der Waals surface area contributed by atoms with Gasteiger partial charge in [0.05, 0.1) is 27.8 Å². The van der Waals surface area contributed by atoms with Gasteiger partial charge in [-0.05, 0) is 13.3 Å². The summed E-state index contributed by atoms with van der Waals surface area (Å²) in [6, 6.07) is 0. The van der Waals surface area contributed by atoms with E-state index >= 15 is 0 Å². The number of phenolic OH excluding ortho intramolecular Hbond substituents is 1. The second-order valence-electron chi connectivity index (χ2n) is 10.5. The number of carbonyl (C=O) groups excluding carboxylic acids is 3. The summed E-state index contributed by atoms with van der Waals surface area (Å²) in [5.74, 6) is -8.14. The van der Waals surface area contributed by atoms with Crippen molar-refractivity contribution in [2.24, 2.45) is 23.5 Å². The molecule has 3 aliphatic carbocycles. The molecule has 0 aromatic heterocycles. The van der Waals surface area contributed by atoms with Crippen molar-refractivity contribution in [2.45, 2.75) is 37.1 Å². The number of aliphatic hydroxyl groups excluding tert-OH is 2. The summed E-state index contributed by atoms with van der Waals surface area (Å²) in [4.78, 5) is 41.4. The molecule has 6 atom stereocenters. The van der Waals surface area contributed by atoms with Gasteiger partial charge in [0, 0.05) is 52.0 Å². The maximum atomic E-state index is 14.0. The zero-order valence-corrected chi connectivity index (χ0v) is 21.3. The molecular formula is C24H30ClN3O8. The van der Waals surface area contributed by atoms with Crippen LogP contribution in [-0.2, 0) is 15.2 Å². The van der Waals surface area contributed by atoms with Crippen molar-refractivity contribution in [3.8, 4) is 5.75 Å². The number of nitrogens with two attached hydrogens (primary N) is 1. The van der Waals surface area contributed by atoms with E-state index in [0.717, 1.165) is 0 Å². The first-order valence-electron chi connectivity index (χ1n) is 11.4. The molecule has 0 heterocycles. The molecule has 7 N–H and O–H groups in total. The second kappa shape index (κ2) is 8.07. The van der Waals surface area contributed by atoms with Gasteiger partial charge in [-0.15, -0.1) is 0 Å². The fraction of sp³-hybridized carbons (Fsp3) is 0.542. The molecule has 11 nitrogen and oxygen atoms in total. The molecule has 4 unspecified atom stereocenters. The highest BCUT2D eigenvalue weighted by Crippen LogP contribution is 2.61. The van der Waals surface area contributed by atoms with Crippen molar-refractivity contribution in [1.29, 1.82) is 0 Å². The molecule has 1 amide bonds. The van der Waals surface area contributed by atoms with Gasteiger partial charge in [-0.25, -0.2) is 0 Å². The number of rotatable bonds is 3. The molecule has 1 aromatic carbocycles. The van der Waals surface area contributed by atoms with Gasteiger partial charge in [-0.1, -0.05) is 11.6 Å². The van der Waals surface area contributed by atoms with Crippen molar-refractivity contribution < 1.29 is 39.9 Å². The summed E-state index contributed by atoms with van der Waals surface area (Å²) < 4.78 is 0. The Balaban J connectivity index is 2.03. The second-order valence-corrected chi connectivity index (χ2v) is 10.8. The van der Waals surface area contributed by atoms with Crippen molar-refractivity contribution in [3.05, 3.63) is 27.5 Å². The molecule has 12 heteroatoms. The van der Waals surface area contributed by atoms with Gasteiger partial charge in [-0.2, -0.15) is 0 Å². The van der Waals surface area contributed by atoms with Gasteiger partial charge in [0.25, 0.3) is 5.91 Å². The minimum absolute atomic E-state index is 0.0595. The fourth-order valence-electron chi connectivity index (χ4n) is 6.35. The summed E-state index contributed by atoms with van der Waals surface area (Å²) >= 11 is 6.65. The third kappa shape index (κ3) is 3.13. The number of hydrogen-bond donors (Lipinski definition) is 6. The van der Waals surface area contributed by atoms with Crippen LogP contribution in [-0.4, -0.2) is 82.9 Å². The minimum atomic E-state index is -2.54. The number of Topliss-reactive ketones (excluding diaryl/α,β-unsaturated/α-hetero) is 2. The topological polar surface area (TPSA) is 185 Å². The van der Waals surface area contributed by atoms with Crippen LogP contribution in [0.3, 0.4) is 0 Å². The van der Waals surface area contributed by atoms with Gasteiger partial charge in [0.15, 0.2) is 22.9 Å². The summed E-state index contributed by atoms with van der Waals surface area (Å²) in [6.45, 7) is 1.42. The summed E-state index contributed by atoms with van der Waals surface area (Å²) in [7, 11) is 6.54. The molecule has 196 valence electrons. The lowest BCUT2D eigenvalue weighted by molar-refractivity contribution is -0.195. The third-order valence-electron chi connectivity index (χ3n) is 7.99. The van der Waals surface area contributed by atoms with Crippen LogP contribution in [0.1, 0.15) is 35.7 Å². The standard InChI is InChI=1S/C24H30ClN3O8/c1-23(35)9-6-8-7-10(29)12(22(26)34)21(33)24(8,36)20(32)11(9)18(30)13-14(23)16(27(2)3)15(25)17(19(13)31)28(4)5/h8-9,11,20,31-33,35-36H,6-7H2,1-5H3,(H2,26,34)/t8?,9?,11?,20?,23-,24+/m1/s1. The zero-order chi connectivity index (χ0) is 27.2. The van der Waals surface area contributed by atoms with Crippen molar-refractivity contribution in [1.82, 2.24) is 0 Å². The van der Waals surface area contributed by atoms with Crippen LogP contribution in [0, 0.1) is 17.8 Å². The first-order valence-corrected chi connectivity index (χ1v) is 11.8. The van der Waals surface area contributed by atoms with Crippen LogP contribution < -0.4 is 15.5 Å². The predicted octanol–water partition coefficient (Wildman–Crippen LogP) is 0.196. The number of primary amides is 1. The van der Waals surface area contributed by atoms with E-state index in [1.807, 2.05) is 0 Å². The van der Waals surface area contributed by atoms with Gasteiger partial charge in [0.1, 0.15) is 23.1 Å². The van der Waals surface area contributed by atoms with Gasteiger partial charge in [0.2, 0.25) is 0 Å². The molecule has 0 spiro atoms. The number of halogens is 1. The minimum Gasteiger partial charge on any atom is -0.508 e. The smallest absolute Gasteiger partial charge is 0.255 e. The zero-order valence-electron chi connectivity index (χ0n) is 20.5. The molecule has 1 aromatic rings. The number of ketones is 2. The number of aliphatic hydroxyl groups is 4. The van der Waals surface area contributed by atoms with E-state index in [9.17, 15) is 39.9 Å². The average Bonchev–Trinajstić information content (AvgIpc) is 2.73. The fourth-order valence-corrected chi connectivity index (χ4v) is 6.87. The van der Waals surface area contributed by atoms with E-state index in [1.165, 1.54) is 11.8 Å². The van der Waals surface area contributed by atoms with Crippen molar-refractivity contribution in [2.75, 3.05) is 38.0 Å². The number of anilines is 2. The Labute approximate surface area is 212 Å². The van der Waals surface area contributed by atoms with E-state index in [4.69, 9.17) is 17.3 Å². The van der Waals surface area contributed by atoms with Crippen LogP contribution >= 0.6 is 11.6 Å². The van der Waals surface area contributed by atoms with Crippen LogP contribution in [0.25, 0.3) is 0 Å². The summed E-state index contributed by atoms with van der Waals surface area (Å²) in [5.41, 5.74) is 0.183. The molecule has 3 aliphatic rings. The molecule has 1 fully saturated rings. The van der Waals surface area contributed by atoms with Gasteiger partial charge < -0.3 is 41.1 Å². The van der Waals surface area contributed by atoms with E-state index in [0.29, 0.717) is 5.69 Å². The maximum Gasteiger partial charge on any atom is 0.255 e. The summed E-state index contributed by atoms with van der Waals surface area (Å²) in [5, 5.41) is 56.8. The monoisotopic (exact) mass is 523 g/mol. The number of hydrogen-bond acceptors (Lipinski definition) is 10. The highest BCUT2D eigenvalue weighted by Gasteiger charge is 2.66. The molecule has 0 bridgehead atoms. The Morgan fingerprint density at radius 2 is 1.64 bits per heavy atom. The van der Waals surface area contributed by atoms with Gasteiger partial charge >= 0.3 is 0 Å². The number of fused-ring (bicyclic) bond motifs is 3. The number of phenols is 1. The SMILES string of the molecule is CN(C)c1c(O)c2c(c(N(C)C)c1Cl)[C@](C)(O)C1CC3CC(=O)C(C(N)=O)=C(O)[C@@]3(O)C(O)C1C2=O. The highest BCUT2D eigenvalue weighted by atomic mass is 35.5. The van der Waals surface area contributed by atoms with Crippen molar-refractivity contribution >= 4 is 40.4 Å². The number of aromatic hydroxyl groups is 1. The number of carbonyl (C=O) groups is 3. The van der Waals surface area contributed by atoms with Crippen LogP contribution in [0.5, 0.6) is 5.75 Å². The Bertz CT molecular complexity index is 1240. The predicted molar refractivity (Wildman–Crippen MR) is 130 cm³/mol. The molecule has 0 saturated heterocycles. The lowest BCUT2D eigenvalue weighted by Gasteiger charge is -2.56. The van der Waals surface area contributed by atoms with Crippen LogP contribution in [0.2, 0.25) is 5.02 Å². The maximum absolute atomic E-state index is 14.0. The lowest BCUT2D eigenvalue weighted by Crippen LogP contribution is -2.67. The first kappa shape index (κ1) is 26.2. The molecular weight excluding hydrogens is 494 g/mol. The average molecular weight is 524 g/mol. The molecule has 4 rings (SSSR count). The normalized spacial score (nSPS) is 33.6. The quantitative estimate of drug-likeness (QED) is 0.299. The molecule has 1 saturated carbocycles. The van der Waals surface area contributed by atoms with Gasteiger partial charge in [-0.3, -0.25) is 14.4 Å². The van der Waals surface area contributed by atoms with E-state index < -0.39 is 76.0 Å². The Hall–Kier alpha value is -2.86. The highest BCUT2D eigenvalue weighted by molar-refractivity contribution is 6.37. The summed E-state index contributed by atoms with van der Waals surface area (Å²) in [6.07, 6.45) is -2.64. The van der Waals surface area contributed by atoms with E-state index in [2.05, 4.69) is 0 Å². The largest absolute Gasteiger partial charge is 0.508 e. The molecule has 0 radical (unpaired) electrons. The number of nitrogens with zero attached hydrogens (tertiary/aromatic N) is 2. The Morgan fingerprint density at radius 3 is 2.14 bits per heavy atom. The van der Waals surface area contributed by atoms with Crippen molar-refractivity contribution in [3.63, 3.8) is 0 Å². The molecule has 36 heavy (non-hydrogen) atoms. The first-order chi connectivity index (χ1) is 16.5. The lowest BCUT2D eigenvalue weighted by atomic mass is 9.51. The van der Waals surface area contributed by atoms with Crippen LogP contribution in [0.4, 0.5) is 11.4 Å². The Kier molecular flexibility index (Phi) is 5.88. The van der Waals surface area contributed by atoms with Crippen LogP contribution in [0.15, 0.2) is 11.3 Å². The van der Waals surface area contributed by atoms with E-state index in [1.54, 1.807) is 33.1 Å². The third-order valence-corrected chi connectivity index (χ3v) is 8.35. The molecule has 0 aliphatic heterocycles.